The minimum atomic E-state index is -2.82. The molecule has 24 heteroatoms. The molecular weight excluding hydrogens is 464 g/mol. The highest BCUT2D eigenvalue weighted by Gasteiger charge is 2.89. The summed E-state index contributed by atoms with van der Waals surface area (Å²) in [4.78, 5) is 72.5. The molecule has 0 saturated heterocycles. The lowest BCUT2D eigenvalue weighted by atomic mass is 9.75. The zero-order chi connectivity index (χ0) is 25.4. The maximum absolute atomic E-state index is 10.4. The van der Waals surface area contributed by atoms with Gasteiger partial charge < -0.3 is 0 Å². The van der Waals surface area contributed by atoms with Gasteiger partial charge in [0.15, 0.2) is 0 Å². The first-order valence-corrected chi connectivity index (χ1v) is 7.54. The normalized spacial score (nSPS) is 20.5. The Labute approximate surface area is 170 Å². The lowest BCUT2D eigenvalue weighted by molar-refractivity contribution is -0.903. The molecule has 0 radical (unpaired) electrons. The molecule has 0 spiro atoms. The summed E-state index contributed by atoms with van der Waals surface area (Å²) < 4.78 is 0. The van der Waals surface area contributed by atoms with Crippen LogP contribution in [0.1, 0.15) is 25.7 Å². The average Bonchev–Trinajstić information content (AvgIpc) is 2.51. The third kappa shape index (κ3) is 3.27. The summed E-state index contributed by atoms with van der Waals surface area (Å²) in [5, 5.41) is 83.2. The minimum absolute atomic E-state index is 1.34. The number of hydrogen-bond acceptors (Lipinski definition) is 16. The minimum Gasteiger partial charge on any atom is -0.258 e. The van der Waals surface area contributed by atoms with E-state index < -0.39 is 87.7 Å². The second-order valence-corrected chi connectivity index (χ2v) is 6.69. The molecule has 24 nitrogen and oxygen atoms in total. The number of rotatable bonds is 8. The predicted octanol–water partition coefficient (Wildman–Crippen LogP) is -1.44. The molecule has 0 heterocycles. The molecule has 0 amide bonds. The molecule has 176 valence electrons. The molecule has 0 aliphatic heterocycles. The van der Waals surface area contributed by atoms with Crippen LogP contribution in [0.25, 0.3) is 0 Å². The SMILES string of the molecule is O=[N+]([O-])C1([N+](=O)[O-])CC([N+](=O)[O-])([N+](=O)[O-])C1.O=[N+]([O-])C1([N+](=O)[O-])CC([N+](=O)[O-])([N+](=O)[O-])C1. The molecule has 2 aliphatic carbocycles. The number of nitro groups is 8. The maximum atomic E-state index is 10.4. The van der Waals surface area contributed by atoms with Gasteiger partial charge in [0, 0.05) is 0 Å². The first-order valence-electron chi connectivity index (χ1n) is 7.54. The third-order valence-corrected chi connectivity index (χ3v) is 4.98. The molecule has 32 heavy (non-hydrogen) atoms. The topological polar surface area (TPSA) is 345 Å². The molecule has 0 N–H and O–H groups in total. The van der Waals surface area contributed by atoms with Gasteiger partial charge in [0.1, 0.15) is 0 Å². The van der Waals surface area contributed by atoms with E-state index in [-0.39, 0.29) is 0 Å². The van der Waals surface area contributed by atoms with Crippen LogP contribution >= 0.6 is 0 Å². The summed E-state index contributed by atoms with van der Waals surface area (Å²) in [6.07, 6.45) is -5.39. The van der Waals surface area contributed by atoms with Gasteiger partial charge in [-0.2, -0.15) is 0 Å². The highest BCUT2D eigenvalue weighted by atomic mass is 16.7. The number of hydrogen-bond donors (Lipinski definition) is 0. The van der Waals surface area contributed by atoms with Gasteiger partial charge in [-0.1, -0.05) is 0 Å². The number of nitrogens with zero attached hydrogens (tertiary/aromatic N) is 8. The summed E-state index contributed by atoms with van der Waals surface area (Å²) in [7, 11) is 0. The fourth-order valence-electron chi connectivity index (χ4n) is 3.01. The molecule has 2 saturated carbocycles. The monoisotopic (exact) mass is 472 g/mol. The van der Waals surface area contributed by atoms with E-state index in [0.29, 0.717) is 0 Å². The summed E-state index contributed by atoms with van der Waals surface area (Å²) in [6, 6.07) is 0. The van der Waals surface area contributed by atoms with Crippen molar-refractivity contribution in [2.24, 2.45) is 0 Å². The van der Waals surface area contributed by atoms with Crippen molar-refractivity contribution in [1.29, 1.82) is 0 Å². The summed E-state index contributed by atoms with van der Waals surface area (Å²) in [5.41, 5.74) is -11.3. The van der Waals surface area contributed by atoms with Gasteiger partial charge in [-0.05, 0) is 0 Å². The summed E-state index contributed by atoms with van der Waals surface area (Å²) in [5.74, 6) is 0. The Morgan fingerprint density at radius 1 is 0.312 bits per heavy atom. The van der Waals surface area contributed by atoms with E-state index in [2.05, 4.69) is 0 Å². The molecule has 0 unspecified atom stereocenters. The standard InChI is InChI=1S/2C4H4N4O8/c2*9-5(10)3(6(11)12)1-4(2-3,7(13)14)8(15)16/h2*1-2H2. The van der Waals surface area contributed by atoms with Gasteiger partial charge >= 0.3 is 22.7 Å². The van der Waals surface area contributed by atoms with Crippen LogP contribution in [0.15, 0.2) is 0 Å². The fraction of sp³-hybridized carbons (Fsp3) is 1.00. The van der Waals surface area contributed by atoms with Crippen molar-refractivity contribution in [2.45, 2.75) is 48.3 Å². The van der Waals surface area contributed by atoms with E-state index in [9.17, 15) is 80.9 Å². The molecule has 2 aliphatic rings. The third-order valence-electron chi connectivity index (χ3n) is 4.98. The van der Waals surface area contributed by atoms with Crippen molar-refractivity contribution in [3.8, 4) is 0 Å². The van der Waals surface area contributed by atoms with Crippen LogP contribution in [0.5, 0.6) is 0 Å². The van der Waals surface area contributed by atoms with Crippen LogP contribution in [0.2, 0.25) is 0 Å². The van der Waals surface area contributed by atoms with Gasteiger partial charge in [0.2, 0.25) is 25.7 Å². The van der Waals surface area contributed by atoms with Crippen molar-refractivity contribution >= 4 is 0 Å². The van der Waals surface area contributed by atoms with Gasteiger partial charge in [0.25, 0.3) is 0 Å². The van der Waals surface area contributed by atoms with Crippen molar-refractivity contribution in [1.82, 2.24) is 0 Å². The average molecular weight is 472 g/mol. The van der Waals surface area contributed by atoms with E-state index >= 15 is 0 Å². The Balaban J connectivity index is 0.000000320. The second kappa shape index (κ2) is 7.47. The van der Waals surface area contributed by atoms with Crippen molar-refractivity contribution in [3.63, 3.8) is 0 Å². The lowest BCUT2D eigenvalue weighted by Crippen LogP contribution is -2.71. The molecular formula is C8H8N8O16. The van der Waals surface area contributed by atoms with Crippen molar-refractivity contribution in [2.75, 3.05) is 0 Å². The Morgan fingerprint density at radius 2 is 0.406 bits per heavy atom. The van der Waals surface area contributed by atoms with Crippen LogP contribution in [-0.2, 0) is 0 Å². The lowest BCUT2D eigenvalue weighted by Gasteiger charge is -2.30. The summed E-state index contributed by atoms with van der Waals surface area (Å²) in [6.45, 7) is 0. The van der Waals surface area contributed by atoms with E-state index in [0.717, 1.165) is 0 Å². The van der Waals surface area contributed by atoms with E-state index in [4.69, 9.17) is 0 Å². The summed E-state index contributed by atoms with van der Waals surface area (Å²) >= 11 is 0. The Morgan fingerprint density at radius 3 is 0.469 bits per heavy atom. The smallest absolute Gasteiger partial charge is 0.258 e. The van der Waals surface area contributed by atoms with Crippen molar-refractivity contribution in [3.05, 3.63) is 80.9 Å². The van der Waals surface area contributed by atoms with E-state index in [1.54, 1.807) is 0 Å². The largest absolute Gasteiger partial charge is 0.487 e. The van der Waals surface area contributed by atoms with Gasteiger partial charge in [-0.3, -0.25) is 80.9 Å². The van der Waals surface area contributed by atoms with Crippen LogP contribution < -0.4 is 0 Å². The molecule has 0 aromatic heterocycles. The second-order valence-electron chi connectivity index (χ2n) is 6.69. The first kappa shape index (κ1) is 25.2. The highest BCUT2D eigenvalue weighted by molar-refractivity contribution is 4.94. The first-order chi connectivity index (χ1) is 14.4. The molecule has 0 aromatic rings. The van der Waals surface area contributed by atoms with E-state index in [1.165, 1.54) is 0 Å². The Hall–Kier alpha value is -4.80. The van der Waals surface area contributed by atoms with Gasteiger partial charge in [-0.15, -0.1) is 0 Å². The highest BCUT2D eigenvalue weighted by Crippen LogP contribution is 2.47. The van der Waals surface area contributed by atoms with Crippen molar-refractivity contribution < 1.29 is 39.4 Å². The van der Waals surface area contributed by atoms with Crippen LogP contribution in [-0.4, -0.2) is 62.0 Å². The van der Waals surface area contributed by atoms with Crippen LogP contribution in [0.3, 0.4) is 0 Å². The maximum Gasteiger partial charge on any atom is 0.487 e. The van der Waals surface area contributed by atoms with Gasteiger partial charge in [0.05, 0.1) is 39.4 Å². The Kier molecular flexibility index (Phi) is 5.89. The fourth-order valence-corrected chi connectivity index (χ4v) is 3.01. The predicted molar refractivity (Wildman–Crippen MR) is 85.3 cm³/mol. The zero-order valence-electron chi connectivity index (χ0n) is 14.9. The van der Waals surface area contributed by atoms with Gasteiger partial charge in [-0.25, -0.2) is 0 Å². The molecule has 0 atom stereocenters. The zero-order valence-corrected chi connectivity index (χ0v) is 14.9. The molecule has 0 bridgehead atoms. The van der Waals surface area contributed by atoms with Crippen LogP contribution in [0.4, 0.5) is 0 Å². The van der Waals surface area contributed by atoms with Crippen LogP contribution in [0, 0.1) is 80.9 Å². The molecule has 0 aromatic carbocycles. The molecule has 2 rings (SSSR count). The quantitative estimate of drug-likeness (QED) is 0.221. The molecule has 2 fully saturated rings. The Bertz CT molecular complexity index is 734. The van der Waals surface area contributed by atoms with E-state index in [1.807, 2.05) is 0 Å².